The second-order valence-corrected chi connectivity index (χ2v) is 4.40. The maximum absolute atomic E-state index is 12.1. The number of fused-ring (bicyclic) bond motifs is 2. The number of phenolic OH excluding ortho intramolecular Hbond substituents is 1. The molecule has 0 amide bonds. The molecule has 2 aromatic rings. The van der Waals surface area contributed by atoms with E-state index < -0.39 is 5.78 Å². The highest BCUT2D eigenvalue weighted by Gasteiger charge is 2.30. The van der Waals surface area contributed by atoms with Gasteiger partial charge in [0.25, 0.3) is 0 Å². The summed E-state index contributed by atoms with van der Waals surface area (Å²) in [5.41, 5.74) is 11.3. The fourth-order valence-electron chi connectivity index (χ4n) is 2.30. The molecule has 1 aliphatic rings. The Balaban J connectivity index is 2.46. The Bertz CT molecular complexity index is 791. The van der Waals surface area contributed by atoms with Gasteiger partial charge >= 0.3 is 0 Å². The minimum atomic E-state index is -0.454. The Hall–Kier alpha value is -2.82. The molecule has 0 fully saturated rings. The lowest BCUT2D eigenvalue weighted by Gasteiger charge is -2.20. The second-order valence-electron chi connectivity index (χ2n) is 4.40. The quantitative estimate of drug-likeness (QED) is 0.565. The summed E-state index contributed by atoms with van der Waals surface area (Å²) in [6.45, 7) is 0. The topological polar surface area (TPSA) is 113 Å². The number of carbonyl (C=O) groups is 1. The number of aromatic hydroxyl groups is 1. The Labute approximate surface area is 108 Å². The van der Waals surface area contributed by atoms with Gasteiger partial charge in [0.2, 0.25) is 5.78 Å². The zero-order valence-corrected chi connectivity index (χ0v) is 9.90. The van der Waals surface area contributed by atoms with Gasteiger partial charge in [-0.3, -0.25) is 10.2 Å². The summed E-state index contributed by atoms with van der Waals surface area (Å²) in [6, 6.07) is 8.71. The molecule has 0 spiro atoms. The lowest BCUT2D eigenvalue weighted by Crippen LogP contribution is -2.30. The molecule has 5 nitrogen and oxygen atoms in total. The molecule has 0 saturated carbocycles. The van der Waals surface area contributed by atoms with Gasteiger partial charge in [-0.1, -0.05) is 24.3 Å². The predicted molar refractivity (Wildman–Crippen MR) is 72.2 cm³/mol. The Morgan fingerprint density at radius 2 is 1.79 bits per heavy atom. The van der Waals surface area contributed by atoms with Crippen LogP contribution in [0.25, 0.3) is 10.8 Å². The van der Waals surface area contributed by atoms with Crippen molar-refractivity contribution in [3.05, 3.63) is 52.9 Å². The molecular weight excluding hydrogens is 242 g/mol. The number of hydrogen-bond acceptors (Lipinski definition) is 5. The highest BCUT2D eigenvalue weighted by atomic mass is 16.3. The summed E-state index contributed by atoms with van der Waals surface area (Å²) in [4.78, 5) is 12.1. The standard InChI is InChI=1S/C14H11N3O2/c15-10-9-8(14(19)12(17)11(10)16)5-6-3-1-2-4-7(6)13(9)18/h1-5,15,18H,16-17H2. The predicted octanol–water partition coefficient (Wildman–Crippen LogP) is 1.24. The molecule has 0 bridgehead atoms. The lowest BCUT2D eigenvalue weighted by atomic mass is 9.87. The van der Waals surface area contributed by atoms with E-state index in [9.17, 15) is 9.90 Å². The molecule has 19 heavy (non-hydrogen) atoms. The number of hydrogen-bond donors (Lipinski definition) is 4. The molecule has 0 atom stereocenters. The third-order valence-electron chi connectivity index (χ3n) is 3.32. The molecule has 0 radical (unpaired) electrons. The monoisotopic (exact) mass is 253 g/mol. The van der Waals surface area contributed by atoms with Crippen molar-refractivity contribution < 1.29 is 9.90 Å². The van der Waals surface area contributed by atoms with E-state index in [0.717, 1.165) is 0 Å². The smallest absolute Gasteiger partial charge is 0.211 e. The maximum atomic E-state index is 12.1. The van der Waals surface area contributed by atoms with Gasteiger partial charge in [0.05, 0.1) is 17.0 Å². The molecule has 94 valence electrons. The number of nitrogens with one attached hydrogen (secondary N) is 1. The number of Topliss-reactive ketones (excluding diaryl/α,β-unsaturated/α-hetero) is 1. The minimum Gasteiger partial charge on any atom is -0.507 e. The third kappa shape index (κ3) is 1.35. The number of phenols is 1. The zero-order valence-electron chi connectivity index (χ0n) is 9.90. The van der Waals surface area contributed by atoms with Crippen molar-refractivity contribution in [1.82, 2.24) is 0 Å². The van der Waals surface area contributed by atoms with Gasteiger partial charge in [0.1, 0.15) is 11.4 Å². The number of rotatable bonds is 0. The van der Waals surface area contributed by atoms with Crippen LogP contribution in [0.1, 0.15) is 15.9 Å². The molecule has 3 rings (SSSR count). The van der Waals surface area contributed by atoms with E-state index in [1.807, 2.05) is 0 Å². The first-order valence-electron chi connectivity index (χ1n) is 5.66. The third-order valence-corrected chi connectivity index (χ3v) is 3.32. The summed E-state index contributed by atoms with van der Waals surface area (Å²) < 4.78 is 0. The molecule has 0 saturated heterocycles. The highest BCUT2D eigenvalue weighted by Crippen LogP contribution is 2.35. The van der Waals surface area contributed by atoms with Gasteiger partial charge in [-0.25, -0.2) is 0 Å². The van der Waals surface area contributed by atoms with Crippen LogP contribution >= 0.6 is 0 Å². The largest absolute Gasteiger partial charge is 0.507 e. The van der Waals surface area contributed by atoms with Crippen LogP contribution in [0.3, 0.4) is 0 Å². The SMILES string of the molecule is N=C1C(N)=C(N)C(=O)c2cc3ccccc3c(O)c21. The summed E-state index contributed by atoms with van der Waals surface area (Å²) >= 11 is 0. The van der Waals surface area contributed by atoms with Crippen molar-refractivity contribution in [2.45, 2.75) is 0 Å². The van der Waals surface area contributed by atoms with Crippen molar-refractivity contribution in [3.63, 3.8) is 0 Å². The van der Waals surface area contributed by atoms with E-state index in [2.05, 4.69) is 0 Å². The van der Waals surface area contributed by atoms with Gasteiger partial charge < -0.3 is 16.6 Å². The van der Waals surface area contributed by atoms with Gasteiger partial charge in [-0.15, -0.1) is 0 Å². The van der Waals surface area contributed by atoms with Crippen LogP contribution in [-0.4, -0.2) is 16.6 Å². The highest BCUT2D eigenvalue weighted by molar-refractivity contribution is 6.29. The fraction of sp³-hybridized carbons (Fsp3) is 0. The number of benzene rings is 2. The first-order valence-corrected chi connectivity index (χ1v) is 5.66. The van der Waals surface area contributed by atoms with Gasteiger partial charge in [0.15, 0.2) is 0 Å². The molecule has 2 aromatic carbocycles. The summed E-state index contributed by atoms with van der Waals surface area (Å²) in [5, 5.41) is 19.5. The van der Waals surface area contributed by atoms with E-state index in [1.54, 1.807) is 30.3 Å². The molecule has 5 heteroatoms. The average Bonchev–Trinajstić information content (AvgIpc) is 2.43. The van der Waals surface area contributed by atoms with E-state index in [1.165, 1.54) is 0 Å². The van der Waals surface area contributed by atoms with Crippen molar-refractivity contribution in [2.24, 2.45) is 11.5 Å². The minimum absolute atomic E-state index is 0.0944. The summed E-state index contributed by atoms with van der Waals surface area (Å²) in [6.07, 6.45) is 0. The van der Waals surface area contributed by atoms with E-state index in [0.29, 0.717) is 10.8 Å². The number of carbonyl (C=O) groups excluding carboxylic acids is 1. The van der Waals surface area contributed by atoms with Crippen LogP contribution in [0.5, 0.6) is 5.75 Å². The lowest BCUT2D eigenvalue weighted by molar-refractivity contribution is 0.103. The van der Waals surface area contributed by atoms with Gasteiger partial charge in [-0.2, -0.15) is 0 Å². The van der Waals surface area contributed by atoms with Crippen molar-refractivity contribution in [3.8, 4) is 5.75 Å². The molecule has 1 aliphatic carbocycles. The summed E-state index contributed by atoms with van der Waals surface area (Å²) in [5.74, 6) is -0.563. The second kappa shape index (κ2) is 3.58. The Morgan fingerprint density at radius 1 is 1.11 bits per heavy atom. The van der Waals surface area contributed by atoms with E-state index in [-0.39, 0.29) is 34.0 Å². The van der Waals surface area contributed by atoms with Crippen LogP contribution in [-0.2, 0) is 0 Å². The van der Waals surface area contributed by atoms with E-state index in [4.69, 9.17) is 16.9 Å². The molecular formula is C14H11N3O2. The van der Waals surface area contributed by atoms with Crippen LogP contribution in [0.2, 0.25) is 0 Å². The number of nitrogens with two attached hydrogens (primary N) is 2. The first-order chi connectivity index (χ1) is 9.02. The molecule has 0 aliphatic heterocycles. The normalized spacial score (nSPS) is 14.9. The maximum Gasteiger partial charge on any atom is 0.211 e. The fourth-order valence-corrected chi connectivity index (χ4v) is 2.30. The molecule has 0 unspecified atom stereocenters. The van der Waals surface area contributed by atoms with Crippen LogP contribution < -0.4 is 11.5 Å². The molecule has 0 heterocycles. The molecule has 6 N–H and O–H groups in total. The Kier molecular flexibility index (Phi) is 2.13. The van der Waals surface area contributed by atoms with Crippen molar-refractivity contribution in [1.29, 1.82) is 5.41 Å². The number of allylic oxidation sites excluding steroid dienone is 2. The van der Waals surface area contributed by atoms with Crippen LogP contribution in [0, 0.1) is 5.41 Å². The first kappa shape index (κ1) is 11.3. The number of ketones is 1. The van der Waals surface area contributed by atoms with Gasteiger partial charge in [-0.05, 0) is 11.5 Å². The van der Waals surface area contributed by atoms with Crippen molar-refractivity contribution >= 4 is 22.3 Å². The summed E-state index contributed by atoms with van der Waals surface area (Å²) in [7, 11) is 0. The zero-order chi connectivity index (χ0) is 13.7. The van der Waals surface area contributed by atoms with Crippen molar-refractivity contribution in [2.75, 3.05) is 0 Å². The van der Waals surface area contributed by atoms with Crippen LogP contribution in [0.4, 0.5) is 0 Å². The average molecular weight is 253 g/mol. The van der Waals surface area contributed by atoms with Gasteiger partial charge in [0, 0.05) is 10.9 Å². The Morgan fingerprint density at radius 3 is 2.53 bits per heavy atom. The van der Waals surface area contributed by atoms with E-state index >= 15 is 0 Å². The molecule has 0 aromatic heterocycles. The van der Waals surface area contributed by atoms with Crippen LogP contribution in [0.15, 0.2) is 41.7 Å².